The van der Waals surface area contributed by atoms with E-state index in [-0.39, 0.29) is 74.1 Å². The maximum Gasteiger partial charge on any atom is 0.319 e. The number of phenols is 1. The van der Waals surface area contributed by atoms with Gasteiger partial charge in [-0.05, 0) is 99.8 Å². The molecule has 53 heavy (non-hydrogen) atoms. The second-order valence-corrected chi connectivity index (χ2v) is 14.6. The predicted molar refractivity (Wildman–Crippen MR) is 197 cm³/mol. The summed E-state index contributed by atoms with van der Waals surface area (Å²) < 4.78 is 38.9. The Morgan fingerprint density at radius 2 is 1.89 bits per heavy atom. The number of anilines is 1. The molecule has 1 amide bonds. The number of halogens is 2. The fraction of sp³-hybridized carbons (Fsp3) is 0.390. The highest BCUT2D eigenvalue weighted by atomic mass is 19.1. The molecular weight excluding hydrogens is 676 g/mol. The smallest absolute Gasteiger partial charge is 0.319 e. The van der Waals surface area contributed by atoms with Gasteiger partial charge in [-0.2, -0.15) is 20.5 Å². The van der Waals surface area contributed by atoms with Crippen molar-refractivity contribution in [2.24, 2.45) is 5.41 Å². The number of benzene rings is 3. The standard InChI is InChI=1S/C41H39F2N7O3/c1-5-28-31(42)11-10-25-18-27(51)20-29(34(25)28)35-26(21-44)19-30-37(36(35)43)46-39(53-24-41-13-8-16-50(41)17-9-14-41)47-38(30)49-15-7-12-40(3,23-45)32(22-49)48(4)33(52)6-2/h1,6,10-11,18-20,32,51H,2,7-9,12-17,22,24H2,3-4H3. The fourth-order valence-electron chi connectivity index (χ4n) is 8.75. The Morgan fingerprint density at radius 3 is 2.57 bits per heavy atom. The maximum atomic E-state index is 17.4. The summed E-state index contributed by atoms with van der Waals surface area (Å²) in [4.78, 5) is 28.2. The summed E-state index contributed by atoms with van der Waals surface area (Å²) in [5, 5.41) is 32.3. The van der Waals surface area contributed by atoms with Crippen molar-refractivity contribution in [2.45, 2.75) is 57.0 Å². The third-order valence-corrected chi connectivity index (χ3v) is 11.6. The number of ether oxygens (including phenoxy) is 1. The molecule has 3 fully saturated rings. The molecule has 4 heterocycles. The first-order valence-corrected chi connectivity index (χ1v) is 17.8. The lowest BCUT2D eigenvalue weighted by molar-refractivity contribution is -0.128. The van der Waals surface area contributed by atoms with Gasteiger partial charge in [0.05, 0.1) is 40.3 Å². The molecule has 1 aromatic heterocycles. The van der Waals surface area contributed by atoms with Crippen molar-refractivity contribution in [1.82, 2.24) is 19.8 Å². The van der Waals surface area contributed by atoms with Gasteiger partial charge in [-0.1, -0.05) is 18.6 Å². The van der Waals surface area contributed by atoms with Crippen LogP contribution in [-0.2, 0) is 4.79 Å². The van der Waals surface area contributed by atoms with Crippen LogP contribution in [-0.4, -0.2) is 82.2 Å². The first-order valence-electron chi connectivity index (χ1n) is 17.8. The average Bonchev–Trinajstić information content (AvgIpc) is 3.69. The number of hydrogen-bond acceptors (Lipinski definition) is 9. The number of amides is 1. The molecule has 0 aliphatic carbocycles. The molecule has 0 spiro atoms. The molecule has 0 bridgehead atoms. The Hall–Kier alpha value is -5.77. The molecule has 3 saturated heterocycles. The maximum absolute atomic E-state index is 17.4. The number of carbonyl (C=O) groups excluding carboxylic acids is 1. The molecule has 4 aromatic rings. The number of hydrogen-bond donors (Lipinski definition) is 1. The molecule has 0 radical (unpaired) electrons. The van der Waals surface area contributed by atoms with Crippen LogP contribution in [0.2, 0.25) is 0 Å². The van der Waals surface area contributed by atoms with Crippen molar-refractivity contribution >= 4 is 33.4 Å². The molecule has 7 rings (SSSR count). The van der Waals surface area contributed by atoms with Crippen molar-refractivity contribution in [3.8, 4) is 47.4 Å². The summed E-state index contributed by atoms with van der Waals surface area (Å²) in [5.41, 5.74) is -1.68. The van der Waals surface area contributed by atoms with Crippen LogP contribution in [0.3, 0.4) is 0 Å². The van der Waals surface area contributed by atoms with Gasteiger partial charge in [-0.3, -0.25) is 9.69 Å². The van der Waals surface area contributed by atoms with Crippen LogP contribution in [0.5, 0.6) is 11.8 Å². The number of aromatic nitrogens is 2. The van der Waals surface area contributed by atoms with E-state index in [4.69, 9.17) is 16.1 Å². The first kappa shape index (κ1) is 35.6. The zero-order chi connectivity index (χ0) is 37.7. The number of rotatable bonds is 7. The summed E-state index contributed by atoms with van der Waals surface area (Å²) in [5.74, 6) is 0.436. The number of nitrogens with zero attached hydrogens (tertiary/aromatic N) is 7. The topological polar surface area (TPSA) is 130 Å². The zero-order valence-electron chi connectivity index (χ0n) is 29.8. The third-order valence-electron chi connectivity index (χ3n) is 11.6. The van der Waals surface area contributed by atoms with Crippen molar-refractivity contribution < 1.29 is 23.4 Å². The Morgan fingerprint density at radius 1 is 1.15 bits per heavy atom. The van der Waals surface area contributed by atoms with E-state index in [2.05, 4.69) is 34.5 Å². The molecule has 3 aliphatic rings. The minimum Gasteiger partial charge on any atom is -0.508 e. The lowest BCUT2D eigenvalue weighted by Crippen LogP contribution is -2.51. The minimum atomic E-state index is -0.922. The van der Waals surface area contributed by atoms with Gasteiger partial charge in [0.2, 0.25) is 5.91 Å². The van der Waals surface area contributed by atoms with Crippen LogP contribution >= 0.6 is 0 Å². The number of likely N-dealkylation sites (N-methyl/N-ethyl adjacent to an activating group) is 1. The van der Waals surface area contributed by atoms with Crippen LogP contribution in [0.25, 0.3) is 32.8 Å². The first-order chi connectivity index (χ1) is 25.5. The Balaban J connectivity index is 1.45. The van der Waals surface area contributed by atoms with Gasteiger partial charge in [0.15, 0.2) is 5.82 Å². The van der Waals surface area contributed by atoms with Crippen LogP contribution in [0, 0.1) is 52.1 Å². The lowest BCUT2D eigenvalue weighted by Gasteiger charge is -2.38. The third kappa shape index (κ3) is 5.96. The summed E-state index contributed by atoms with van der Waals surface area (Å²) >= 11 is 0. The van der Waals surface area contributed by atoms with E-state index >= 15 is 8.78 Å². The molecule has 0 saturated carbocycles. The van der Waals surface area contributed by atoms with E-state index in [1.165, 1.54) is 41.3 Å². The van der Waals surface area contributed by atoms with Gasteiger partial charge in [0.25, 0.3) is 0 Å². The van der Waals surface area contributed by atoms with Crippen LogP contribution in [0.15, 0.2) is 43.0 Å². The second kappa shape index (κ2) is 13.7. The molecular formula is C41H39F2N7O3. The normalized spacial score (nSPS) is 21.0. The van der Waals surface area contributed by atoms with Crippen molar-refractivity contribution in [3.05, 3.63) is 65.7 Å². The average molecular weight is 716 g/mol. The molecule has 3 aromatic carbocycles. The SMILES string of the molecule is C#Cc1c(F)ccc2cc(O)cc(-c3c(C#N)cc4c(N5CCCC(C)(C#N)C(N(C)C(=O)C=C)C5)nc(OCC56CCCN5CCC6)nc4c3F)c12. The monoisotopic (exact) mass is 715 g/mol. The molecule has 1 N–H and O–H groups in total. The number of nitriles is 2. The van der Waals surface area contributed by atoms with Gasteiger partial charge in [0, 0.05) is 36.5 Å². The van der Waals surface area contributed by atoms with E-state index in [0.717, 1.165) is 38.8 Å². The van der Waals surface area contributed by atoms with Gasteiger partial charge in [-0.25, -0.2) is 8.78 Å². The second-order valence-electron chi connectivity index (χ2n) is 14.6. The Bertz CT molecular complexity index is 2300. The number of carbonyl (C=O) groups is 1. The molecule has 12 heteroatoms. The number of terminal acetylenes is 1. The molecule has 3 aliphatic heterocycles. The number of fused-ring (bicyclic) bond motifs is 3. The molecule has 270 valence electrons. The summed E-state index contributed by atoms with van der Waals surface area (Å²) in [6.07, 6.45) is 12.0. The Labute approximate surface area is 306 Å². The van der Waals surface area contributed by atoms with Gasteiger partial charge >= 0.3 is 6.01 Å². The summed E-state index contributed by atoms with van der Waals surface area (Å²) in [7, 11) is 1.63. The fourth-order valence-corrected chi connectivity index (χ4v) is 8.75. The van der Waals surface area contributed by atoms with Crippen LogP contribution in [0.4, 0.5) is 14.6 Å². The van der Waals surface area contributed by atoms with E-state index in [1.54, 1.807) is 7.05 Å². The highest BCUT2D eigenvalue weighted by molar-refractivity contribution is 6.05. The minimum absolute atomic E-state index is 0.0293. The van der Waals surface area contributed by atoms with Crippen molar-refractivity contribution in [2.75, 3.05) is 44.7 Å². The lowest BCUT2D eigenvalue weighted by atomic mass is 9.79. The predicted octanol–water partition coefficient (Wildman–Crippen LogP) is 6.44. The van der Waals surface area contributed by atoms with E-state index in [0.29, 0.717) is 31.4 Å². The zero-order valence-corrected chi connectivity index (χ0v) is 29.8. The number of phenolic OH excluding ortho intramolecular Hbond substituents is 1. The van der Waals surface area contributed by atoms with Gasteiger partial charge in [0.1, 0.15) is 29.5 Å². The summed E-state index contributed by atoms with van der Waals surface area (Å²) in [6.45, 7) is 8.27. The quantitative estimate of drug-likeness (QED) is 0.170. The van der Waals surface area contributed by atoms with E-state index in [9.17, 15) is 20.4 Å². The molecule has 2 atom stereocenters. The van der Waals surface area contributed by atoms with E-state index in [1.807, 2.05) is 11.8 Å². The number of aromatic hydroxyl groups is 1. The van der Waals surface area contributed by atoms with Gasteiger partial charge in [-0.15, -0.1) is 6.42 Å². The molecule has 10 nitrogen and oxygen atoms in total. The van der Waals surface area contributed by atoms with E-state index < -0.39 is 23.1 Å². The van der Waals surface area contributed by atoms with Crippen LogP contribution in [0.1, 0.15) is 56.6 Å². The Kier molecular flexibility index (Phi) is 9.18. The van der Waals surface area contributed by atoms with Crippen molar-refractivity contribution in [3.63, 3.8) is 0 Å². The molecule has 2 unspecified atom stereocenters. The summed E-state index contributed by atoms with van der Waals surface area (Å²) in [6, 6.07) is 10.6. The highest BCUT2D eigenvalue weighted by Gasteiger charge is 2.45. The van der Waals surface area contributed by atoms with Gasteiger partial charge < -0.3 is 19.6 Å². The van der Waals surface area contributed by atoms with Crippen LogP contribution < -0.4 is 9.64 Å². The van der Waals surface area contributed by atoms with Crippen molar-refractivity contribution in [1.29, 1.82) is 10.5 Å². The largest absolute Gasteiger partial charge is 0.508 e. The highest BCUT2D eigenvalue weighted by Crippen LogP contribution is 2.44.